The summed E-state index contributed by atoms with van der Waals surface area (Å²) in [6, 6.07) is 2.27. The van der Waals surface area contributed by atoms with Gasteiger partial charge in [0, 0.05) is 31.6 Å². The number of anilines is 1. The van der Waals surface area contributed by atoms with Crippen molar-refractivity contribution in [3.63, 3.8) is 0 Å². The fourth-order valence-corrected chi connectivity index (χ4v) is 2.64. The van der Waals surface area contributed by atoms with Gasteiger partial charge in [0.2, 0.25) is 5.91 Å². The Hall–Kier alpha value is -1.52. The van der Waals surface area contributed by atoms with Crippen molar-refractivity contribution in [1.29, 1.82) is 0 Å². The van der Waals surface area contributed by atoms with Gasteiger partial charge in [-0.2, -0.15) is 0 Å². The SMILES string of the molecule is CCC1CCCCN1C(=O)CCNc1cc(C)on1. The van der Waals surface area contributed by atoms with Gasteiger partial charge in [-0.25, -0.2) is 0 Å². The summed E-state index contributed by atoms with van der Waals surface area (Å²) < 4.78 is 4.96. The summed E-state index contributed by atoms with van der Waals surface area (Å²) in [6.07, 6.45) is 5.11. The number of piperidine rings is 1. The highest BCUT2D eigenvalue weighted by molar-refractivity contribution is 5.77. The van der Waals surface area contributed by atoms with Crippen LogP contribution in [0.2, 0.25) is 0 Å². The van der Waals surface area contributed by atoms with Gasteiger partial charge < -0.3 is 14.7 Å². The van der Waals surface area contributed by atoms with E-state index in [1.165, 1.54) is 6.42 Å². The van der Waals surface area contributed by atoms with Gasteiger partial charge in [-0.3, -0.25) is 4.79 Å². The minimum absolute atomic E-state index is 0.249. The van der Waals surface area contributed by atoms with Crippen molar-refractivity contribution in [2.45, 2.75) is 52.0 Å². The Morgan fingerprint density at radius 3 is 3.11 bits per heavy atom. The predicted molar refractivity (Wildman–Crippen MR) is 74.0 cm³/mol. The first-order chi connectivity index (χ1) is 9.20. The normalized spacial score (nSPS) is 19.5. The molecule has 19 heavy (non-hydrogen) atoms. The van der Waals surface area contributed by atoms with Crippen LogP contribution in [-0.4, -0.2) is 35.1 Å². The van der Waals surface area contributed by atoms with Crippen LogP contribution in [-0.2, 0) is 4.79 Å². The number of hydrogen-bond donors (Lipinski definition) is 1. The van der Waals surface area contributed by atoms with Crippen LogP contribution in [0.15, 0.2) is 10.6 Å². The second kappa shape index (κ2) is 6.59. The molecule has 5 heteroatoms. The highest BCUT2D eigenvalue weighted by atomic mass is 16.5. The maximum Gasteiger partial charge on any atom is 0.224 e. The Labute approximate surface area is 114 Å². The average molecular weight is 265 g/mol. The van der Waals surface area contributed by atoms with E-state index in [1.54, 1.807) is 0 Å². The lowest BCUT2D eigenvalue weighted by Gasteiger charge is -2.35. The topological polar surface area (TPSA) is 58.4 Å². The Bertz CT molecular complexity index is 417. The fourth-order valence-electron chi connectivity index (χ4n) is 2.64. The monoisotopic (exact) mass is 265 g/mol. The molecule has 1 aliphatic heterocycles. The highest BCUT2D eigenvalue weighted by Crippen LogP contribution is 2.20. The van der Waals surface area contributed by atoms with E-state index in [0.717, 1.165) is 31.6 Å². The Kier molecular flexibility index (Phi) is 4.82. The molecule has 2 rings (SSSR count). The minimum atomic E-state index is 0.249. The van der Waals surface area contributed by atoms with Gasteiger partial charge in [0.05, 0.1) is 0 Å². The van der Waals surface area contributed by atoms with E-state index in [1.807, 2.05) is 13.0 Å². The van der Waals surface area contributed by atoms with Gasteiger partial charge in [-0.15, -0.1) is 0 Å². The van der Waals surface area contributed by atoms with E-state index in [2.05, 4.69) is 22.3 Å². The van der Waals surface area contributed by atoms with Crippen LogP contribution in [0.4, 0.5) is 5.82 Å². The largest absolute Gasteiger partial charge is 0.367 e. The molecule has 1 fully saturated rings. The number of rotatable bonds is 5. The molecule has 5 nitrogen and oxygen atoms in total. The molecule has 1 aromatic rings. The number of nitrogens with one attached hydrogen (secondary N) is 1. The van der Waals surface area contributed by atoms with Crippen molar-refractivity contribution >= 4 is 11.7 Å². The van der Waals surface area contributed by atoms with Crippen LogP contribution in [0.3, 0.4) is 0 Å². The molecular weight excluding hydrogens is 242 g/mol. The minimum Gasteiger partial charge on any atom is -0.367 e. The quantitative estimate of drug-likeness (QED) is 0.889. The fraction of sp³-hybridized carbons (Fsp3) is 0.714. The van der Waals surface area contributed by atoms with E-state index < -0.39 is 0 Å². The summed E-state index contributed by atoms with van der Waals surface area (Å²) in [5.74, 6) is 1.73. The molecule has 106 valence electrons. The maximum absolute atomic E-state index is 12.2. The van der Waals surface area contributed by atoms with Crippen molar-refractivity contribution in [1.82, 2.24) is 10.1 Å². The number of hydrogen-bond acceptors (Lipinski definition) is 4. The number of aryl methyl sites for hydroxylation is 1. The van der Waals surface area contributed by atoms with Gasteiger partial charge in [-0.1, -0.05) is 12.1 Å². The molecule has 0 radical (unpaired) electrons. The first kappa shape index (κ1) is 13.9. The smallest absolute Gasteiger partial charge is 0.224 e. The molecule has 1 unspecified atom stereocenters. The van der Waals surface area contributed by atoms with Crippen LogP contribution in [0.25, 0.3) is 0 Å². The first-order valence-corrected chi connectivity index (χ1v) is 7.17. The zero-order chi connectivity index (χ0) is 13.7. The molecule has 2 heterocycles. The molecule has 1 atom stereocenters. The first-order valence-electron chi connectivity index (χ1n) is 7.17. The van der Waals surface area contributed by atoms with Gasteiger partial charge in [0.25, 0.3) is 0 Å². The number of aromatic nitrogens is 1. The molecule has 0 aliphatic carbocycles. The van der Waals surface area contributed by atoms with Gasteiger partial charge in [-0.05, 0) is 32.6 Å². The lowest BCUT2D eigenvalue weighted by molar-refractivity contribution is -0.134. The summed E-state index contributed by atoms with van der Waals surface area (Å²) in [4.78, 5) is 14.3. The third-order valence-electron chi connectivity index (χ3n) is 3.69. The molecule has 0 bridgehead atoms. The van der Waals surface area contributed by atoms with Crippen molar-refractivity contribution in [3.8, 4) is 0 Å². The molecule has 1 saturated heterocycles. The van der Waals surface area contributed by atoms with Crippen LogP contribution in [0.5, 0.6) is 0 Å². The molecular formula is C14H23N3O2. The standard InChI is InChI=1S/C14H23N3O2/c1-3-12-6-4-5-9-17(12)14(18)7-8-15-13-10-11(2)19-16-13/h10,12H,3-9H2,1-2H3,(H,15,16). The number of amides is 1. The second-order valence-electron chi connectivity index (χ2n) is 5.14. The van der Waals surface area contributed by atoms with E-state index >= 15 is 0 Å². The van der Waals surface area contributed by atoms with E-state index in [4.69, 9.17) is 4.52 Å². The summed E-state index contributed by atoms with van der Waals surface area (Å²) in [6.45, 7) is 5.54. The number of likely N-dealkylation sites (tertiary alicyclic amines) is 1. The van der Waals surface area contributed by atoms with Crippen LogP contribution < -0.4 is 5.32 Å². The summed E-state index contributed by atoms with van der Waals surface area (Å²) in [5, 5.41) is 6.96. The molecule has 1 aliphatic rings. The average Bonchev–Trinajstić information content (AvgIpc) is 2.84. The number of carbonyl (C=O) groups is 1. The van der Waals surface area contributed by atoms with Crippen LogP contribution >= 0.6 is 0 Å². The summed E-state index contributed by atoms with van der Waals surface area (Å²) >= 11 is 0. The predicted octanol–water partition coefficient (Wildman–Crippen LogP) is 2.58. The lowest BCUT2D eigenvalue weighted by atomic mass is 9.99. The van der Waals surface area contributed by atoms with Crippen molar-refractivity contribution in [2.24, 2.45) is 0 Å². The lowest BCUT2D eigenvalue weighted by Crippen LogP contribution is -2.43. The van der Waals surface area contributed by atoms with Gasteiger partial charge >= 0.3 is 0 Å². The molecule has 0 aromatic carbocycles. The molecule has 1 N–H and O–H groups in total. The van der Waals surface area contributed by atoms with Crippen LogP contribution in [0.1, 0.15) is 44.8 Å². The Morgan fingerprint density at radius 2 is 2.42 bits per heavy atom. The van der Waals surface area contributed by atoms with Crippen molar-refractivity contribution in [3.05, 3.63) is 11.8 Å². The Balaban J connectivity index is 1.77. The number of nitrogens with zero attached hydrogens (tertiary/aromatic N) is 2. The second-order valence-corrected chi connectivity index (χ2v) is 5.14. The zero-order valence-electron chi connectivity index (χ0n) is 11.8. The van der Waals surface area contributed by atoms with Gasteiger partial charge in [0.15, 0.2) is 5.82 Å². The molecule has 1 amide bonds. The van der Waals surface area contributed by atoms with Crippen LogP contribution in [0, 0.1) is 6.92 Å². The Morgan fingerprint density at radius 1 is 1.58 bits per heavy atom. The zero-order valence-corrected chi connectivity index (χ0v) is 11.8. The summed E-state index contributed by atoms with van der Waals surface area (Å²) in [5.41, 5.74) is 0. The van der Waals surface area contributed by atoms with E-state index in [9.17, 15) is 4.79 Å². The summed E-state index contributed by atoms with van der Waals surface area (Å²) in [7, 11) is 0. The third-order valence-corrected chi connectivity index (χ3v) is 3.69. The maximum atomic E-state index is 12.2. The molecule has 0 saturated carbocycles. The van der Waals surface area contributed by atoms with Crippen molar-refractivity contribution < 1.29 is 9.32 Å². The van der Waals surface area contributed by atoms with E-state index in [-0.39, 0.29) is 5.91 Å². The molecule has 0 spiro atoms. The number of carbonyl (C=O) groups excluding carboxylic acids is 1. The van der Waals surface area contributed by atoms with E-state index in [0.29, 0.717) is 24.8 Å². The van der Waals surface area contributed by atoms with Gasteiger partial charge in [0.1, 0.15) is 5.76 Å². The molecule has 1 aromatic heterocycles. The highest BCUT2D eigenvalue weighted by Gasteiger charge is 2.24. The third kappa shape index (κ3) is 3.72. The van der Waals surface area contributed by atoms with Crippen molar-refractivity contribution in [2.75, 3.05) is 18.4 Å².